The van der Waals surface area contributed by atoms with Crippen LogP contribution in [0, 0.1) is 22.3 Å². The standard InChI is InChI=1S/3C7H5NS.3C6H6.3C2H6.3CH3.3W/c3*1-2-4-7-6(3-1)8-5-9-7;3*1-2-4-6-5-3-1;3*1-2;;;;;;/h3*1-5H;3*1-6H;3*1-2H3;3*1H3;;;/q;;;;;;;;;3*-1;;;. The summed E-state index contributed by atoms with van der Waals surface area (Å²) in [6, 6.07) is 60.4. The number of nitrogens with zero attached hydrogens (tertiary/aromatic N) is 3. The second-order valence-corrected chi connectivity index (χ2v) is 11.6. The zero-order valence-electron chi connectivity index (χ0n) is 34.8. The van der Waals surface area contributed by atoms with Gasteiger partial charge in [0.05, 0.1) is 47.2 Å². The Hall–Kier alpha value is -2.95. The topological polar surface area (TPSA) is 38.7 Å². The summed E-state index contributed by atoms with van der Waals surface area (Å²) in [5.74, 6) is 0. The van der Waals surface area contributed by atoms with E-state index < -0.39 is 0 Å². The predicted octanol–water partition coefficient (Wildman–Crippen LogP) is 16.4. The van der Waals surface area contributed by atoms with E-state index in [1.807, 2.05) is 222 Å². The van der Waals surface area contributed by atoms with E-state index in [0.717, 1.165) is 16.6 Å². The first kappa shape index (κ1) is 65.9. The summed E-state index contributed by atoms with van der Waals surface area (Å²) in [7, 11) is 0. The van der Waals surface area contributed by atoms with Crippen molar-refractivity contribution >= 4 is 64.7 Å². The molecule has 9 heteroatoms. The molecule has 9 rings (SSSR count). The summed E-state index contributed by atoms with van der Waals surface area (Å²) < 4.78 is 3.78. The van der Waals surface area contributed by atoms with Crippen molar-refractivity contribution in [2.45, 2.75) is 41.5 Å². The average Bonchev–Trinajstić information content (AvgIpc) is 4.05. The maximum atomic E-state index is 4.14. The third kappa shape index (κ3) is 31.7. The number of hydrogen-bond donors (Lipinski definition) is 0. The zero-order valence-corrected chi connectivity index (χ0v) is 46.1. The number of benzene rings is 6. The molecule has 0 aliphatic rings. The Labute approximate surface area is 401 Å². The second kappa shape index (κ2) is 49.2. The fourth-order valence-corrected chi connectivity index (χ4v) is 5.60. The van der Waals surface area contributed by atoms with E-state index in [4.69, 9.17) is 0 Å². The van der Waals surface area contributed by atoms with E-state index in [9.17, 15) is 0 Å². The van der Waals surface area contributed by atoms with Gasteiger partial charge in [0.1, 0.15) is 0 Å². The molecule has 0 radical (unpaired) electrons. The van der Waals surface area contributed by atoms with Crippen molar-refractivity contribution < 1.29 is 63.2 Å². The van der Waals surface area contributed by atoms with E-state index in [1.165, 1.54) is 14.1 Å². The number of para-hydroxylation sites is 3. The minimum Gasteiger partial charge on any atom is -0.358 e. The Morgan fingerprint density at radius 1 is 0.263 bits per heavy atom. The van der Waals surface area contributed by atoms with E-state index >= 15 is 0 Å². The van der Waals surface area contributed by atoms with Gasteiger partial charge >= 0.3 is 0 Å². The molecule has 0 spiro atoms. The number of aromatic nitrogens is 3. The molecule has 0 aliphatic heterocycles. The van der Waals surface area contributed by atoms with Crippen LogP contribution in [-0.2, 0) is 63.2 Å². The largest absolute Gasteiger partial charge is 0.358 e. The van der Waals surface area contributed by atoms with Gasteiger partial charge in [0.15, 0.2) is 0 Å². The number of fused-ring (bicyclic) bond motifs is 3. The third-order valence-electron chi connectivity index (χ3n) is 5.71. The molecule has 3 heterocycles. The van der Waals surface area contributed by atoms with Gasteiger partial charge in [-0.2, -0.15) is 0 Å². The van der Waals surface area contributed by atoms with Crippen molar-refractivity contribution in [3.8, 4) is 0 Å². The zero-order chi connectivity index (χ0) is 37.0. The Morgan fingerprint density at radius 2 is 0.421 bits per heavy atom. The molecule has 9 aromatic rings. The first-order valence-corrected chi connectivity index (χ1v) is 19.9. The molecule has 3 aromatic heterocycles. The van der Waals surface area contributed by atoms with Crippen molar-refractivity contribution in [2.24, 2.45) is 0 Å². The van der Waals surface area contributed by atoms with Gasteiger partial charge in [-0.1, -0.05) is 187 Å². The van der Waals surface area contributed by atoms with E-state index in [0.29, 0.717) is 0 Å². The van der Waals surface area contributed by atoms with Crippen LogP contribution in [0.25, 0.3) is 30.6 Å². The molecule has 0 unspecified atom stereocenters. The van der Waals surface area contributed by atoms with Gasteiger partial charge in [-0.25, -0.2) is 15.0 Å². The fourth-order valence-electron chi connectivity index (χ4n) is 3.56. The van der Waals surface area contributed by atoms with Crippen molar-refractivity contribution in [3.63, 3.8) is 0 Å². The molecule has 0 saturated carbocycles. The molecule has 0 amide bonds. The van der Waals surface area contributed by atoms with Crippen LogP contribution in [0.5, 0.6) is 0 Å². The maximum absolute atomic E-state index is 4.14. The van der Waals surface area contributed by atoms with Gasteiger partial charge in [0.2, 0.25) is 0 Å². The van der Waals surface area contributed by atoms with Gasteiger partial charge in [-0.3, -0.25) is 0 Å². The van der Waals surface area contributed by atoms with Crippen molar-refractivity contribution in [2.75, 3.05) is 0 Å². The van der Waals surface area contributed by atoms with Gasteiger partial charge in [-0.15, -0.1) is 34.0 Å². The van der Waals surface area contributed by atoms with E-state index in [2.05, 4.69) is 33.2 Å². The Bertz CT molecular complexity index is 1590. The summed E-state index contributed by atoms with van der Waals surface area (Å²) in [6.45, 7) is 12.0. The quantitative estimate of drug-likeness (QED) is 0.142. The third-order valence-corrected chi connectivity index (χ3v) is 8.14. The Balaban J connectivity index is -0.000000132. The van der Waals surface area contributed by atoms with Crippen molar-refractivity contribution in [3.05, 3.63) is 221 Å². The first-order valence-electron chi connectivity index (χ1n) is 17.2. The molecule has 6 aromatic carbocycles. The van der Waals surface area contributed by atoms with Gasteiger partial charge in [0.25, 0.3) is 0 Å². The number of thiazole rings is 3. The van der Waals surface area contributed by atoms with Gasteiger partial charge in [-0.05, 0) is 36.4 Å². The van der Waals surface area contributed by atoms with Gasteiger partial charge < -0.3 is 22.3 Å². The predicted molar refractivity (Wildman–Crippen MR) is 251 cm³/mol. The Kier molecular flexibility index (Phi) is 56.9. The van der Waals surface area contributed by atoms with E-state index in [1.54, 1.807) is 34.0 Å². The second-order valence-electron chi connectivity index (χ2n) is 8.92. The van der Waals surface area contributed by atoms with Crippen molar-refractivity contribution in [1.29, 1.82) is 0 Å². The average molecular weight is 1330 g/mol. The van der Waals surface area contributed by atoms with E-state index in [-0.39, 0.29) is 85.5 Å². The molecule has 0 N–H and O–H groups in total. The molecule has 0 atom stereocenters. The van der Waals surface area contributed by atoms with Crippen LogP contribution < -0.4 is 0 Å². The van der Waals surface area contributed by atoms with Gasteiger partial charge in [0, 0.05) is 63.2 Å². The van der Waals surface area contributed by atoms with Crippen molar-refractivity contribution in [1.82, 2.24) is 15.0 Å². The van der Waals surface area contributed by atoms with Crippen LogP contribution in [-0.4, -0.2) is 15.0 Å². The summed E-state index contributed by atoms with van der Waals surface area (Å²) in [4.78, 5) is 12.4. The van der Waals surface area contributed by atoms with Crippen LogP contribution in [0.1, 0.15) is 41.5 Å². The van der Waals surface area contributed by atoms with Crippen LogP contribution in [0.4, 0.5) is 0 Å². The molecule has 57 heavy (non-hydrogen) atoms. The fraction of sp³-hybridized carbons (Fsp3) is 0.125. The molecule has 0 aliphatic carbocycles. The summed E-state index contributed by atoms with van der Waals surface area (Å²) in [5.41, 5.74) is 8.90. The SMILES string of the molecule is CC.CC.CC.[CH3-].[CH3-].[CH3-].[W].[W].[W].c1ccc2scnc2c1.c1ccc2scnc2c1.c1ccc2scnc2c1.c1ccccc1.c1ccccc1.c1ccccc1. The normalized spacial score (nSPS) is 7.68. The van der Waals surface area contributed by atoms with Crippen LogP contribution >= 0.6 is 34.0 Å². The van der Waals surface area contributed by atoms with Crippen LogP contribution in [0.3, 0.4) is 0 Å². The molecule has 0 bridgehead atoms. The number of rotatable bonds is 0. The molecule has 0 saturated heterocycles. The molecule has 306 valence electrons. The first-order chi connectivity index (χ1) is 25.4. The smallest absolute Gasteiger partial charge is 0.0812 e. The molecular weight excluding hydrogens is 1270 g/mol. The maximum Gasteiger partial charge on any atom is 0.0812 e. The molecule has 3 nitrogen and oxygen atoms in total. The van der Waals surface area contributed by atoms with Crippen LogP contribution in [0.2, 0.25) is 0 Å². The minimum absolute atomic E-state index is 0. The monoisotopic (exact) mass is 1330 g/mol. The number of hydrogen-bond acceptors (Lipinski definition) is 6. The summed E-state index contributed by atoms with van der Waals surface area (Å²) in [5, 5.41) is 0. The Morgan fingerprint density at radius 3 is 0.579 bits per heavy atom. The van der Waals surface area contributed by atoms with Crippen LogP contribution in [0.15, 0.2) is 199 Å². The molecule has 0 fully saturated rings. The summed E-state index contributed by atoms with van der Waals surface area (Å²) in [6.07, 6.45) is 0. The summed E-state index contributed by atoms with van der Waals surface area (Å²) >= 11 is 5.03. The minimum atomic E-state index is 0. The molecular formula is C48H60N3S3W3-3.